The van der Waals surface area contributed by atoms with Gasteiger partial charge in [-0.1, -0.05) is 17.7 Å². The predicted octanol–water partition coefficient (Wildman–Crippen LogP) is 4.41. The molecule has 4 heteroatoms. The van der Waals surface area contributed by atoms with Gasteiger partial charge in [-0.3, -0.25) is 0 Å². The van der Waals surface area contributed by atoms with E-state index < -0.39 is 0 Å². The monoisotopic (exact) mass is 302 g/mol. The molecule has 120 valence electrons. The summed E-state index contributed by atoms with van der Waals surface area (Å²) in [5, 5.41) is 5.78. The molecule has 0 unspecified atom stereocenters. The number of rotatable bonds is 6. The summed E-state index contributed by atoms with van der Waals surface area (Å²) in [6.45, 7) is 5.19. The van der Waals surface area contributed by atoms with Gasteiger partial charge in [0.1, 0.15) is 5.75 Å². The second-order valence-corrected chi connectivity index (χ2v) is 5.67. The molecule has 0 aromatic heterocycles. The van der Waals surface area contributed by atoms with Crippen LogP contribution in [-0.2, 0) is 0 Å². The third-order valence-corrected chi connectivity index (χ3v) is 3.80. The lowest BCUT2D eigenvalue weighted by molar-refractivity contribution is 0.252. The molecule has 0 radical (unpaired) electrons. The Hall–Kier alpha value is -1.97. The summed E-state index contributed by atoms with van der Waals surface area (Å²) in [5.41, 5.74) is 3.29. The fraction of sp³-hybridized carbons (Fsp3) is 0.500. The van der Waals surface area contributed by atoms with Gasteiger partial charge in [0.05, 0.1) is 12.3 Å². The van der Waals surface area contributed by atoms with Crippen molar-refractivity contribution in [3.05, 3.63) is 35.4 Å². The molecule has 4 nitrogen and oxygen atoms in total. The molecule has 2 amide bonds. The molecule has 1 aromatic carbocycles. The minimum atomic E-state index is -0.179. The number of amides is 2. The SMILES string of the molecule is CCOc1cc(C)ccc1NC(=O)NCCC1=CCCCC1. The maximum absolute atomic E-state index is 12.0. The quantitative estimate of drug-likeness (QED) is 0.765. The molecule has 0 heterocycles. The number of carbonyl (C=O) groups excluding carboxylic acids is 1. The summed E-state index contributed by atoms with van der Waals surface area (Å²) in [7, 11) is 0. The minimum Gasteiger partial charge on any atom is -0.492 e. The largest absolute Gasteiger partial charge is 0.492 e. The van der Waals surface area contributed by atoms with Crippen LogP contribution in [0.2, 0.25) is 0 Å². The highest BCUT2D eigenvalue weighted by molar-refractivity contribution is 5.90. The van der Waals surface area contributed by atoms with Crippen molar-refractivity contribution >= 4 is 11.7 Å². The lowest BCUT2D eigenvalue weighted by Crippen LogP contribution is -2.30. The van der Waals surface area contributed by atoms with E-state index in [1.54, 1.807) is 0 Å². The van der Waals surface area contributed by atoms with Gasteiger partial charge in [-0.2, -0.15) is 0 Å². The molecule has 0 bridgehead atoms. The van der Waals surface area contributed by atoms with Crippen molar-refractivity contribution in [3.63, 3.8) is 0 Å². The summed E-state index contributed by atoms with van der Waals surface area (Å²) >= 11 is 0. The van der Waals surface area contributed by atoms with Crippen LogP contribution < -0.4 is 15.4 Å². The van der Waals surface area contributed by atoms with Gasteiger partial charge in [0, 0.05) is 6.54 Å². The van der Waals surface area contributed by atoms with E-state index in [2.05, 4.69) is 16.7 Å². The molecule has 1 aliphatic rings. The van der Waals surface area contributed by atoms with Crippen molar-refractivity contribution in [1.82, 2.24) is 5.32 Å². The Morgan fingerprint density at radius 3 is 2.91 bits per heavy atom. The number of anilines is 1. The van der Waals surface area contributed by atoms with Gasteiger partial charge in [0.25, 0.3) is 0 Å². The summed E-state index contributed by atoms with van der Waals surface area (Å²) in [6, 6.07) is 5.60. The Morgan fingerprint density at radius 2 is 2.18 bits per heavy atom. The van der Waals surface area contributed by atoms with Crippen LogP contribution in [0.3, 0.4) is 0 Å². The molecular formula is C18H26N2O2. The van der Waals surface area contributed by atoms with Gasteiger partial charge in [-0.05, 0) is 63.6 Å². The molecule has 0 spiro atoms. The van der Waals surface area contributed by atoms with E-state index in [0.29, 0.717) is 24.6 Å². The number of carbonyl (C=O) groups is 1. The maximum atomic E-state index is 12.0. The second-order valence-electron chi connectivity index (χ2n) is 5.67. The first-order chi connectivity index (χ1) is 10.7. The van der Waals surface area contributed by atoms with E-state index in [9.17, 15) is 4.79 Å². The van der Waals surface area contributed by atoms with E-state index in [1.807, 2.05) is 32.0 Å². The standard InChI is InChI=1S/C18H26N2O2/c1-3-22-17-13-14(2)9-10-16(17)20-18(21)19-12-11-15-7-5-4-6-8-15/h7,9-10,13H,3-6,8,11-12H2,1-2H3,(H2,19,20,21). The van der Waals surface area contributed by atoms with Crippen molar-refractivity contribution in [2.45, 2.75) is 46.0 Å². The van der Waals surface area contributed by atoms with Crippen LogP contribution >= 0.6 is 0 Å². The van der Waals surface area contributed by atoms with Gasteiger partial charge in [-0.25, -0.2) is 4.79 Å². The number of benzene rings is 1. The lowest BCUT2D eigenvalue weighted by Gasteiger charge is -2.15. The Balaban J connectivity index is 1.82. The number of urea groups is 1. The van der Waals surface area contributed by atoms with Gasteiger partial charge >= 0.3 is 6.03 Å². The van der Waals surface area contributed by atoms with Crippen LogP contribution in [-0.4, -0.2) is 19.2 Å². The van der Waals surface area contributed by atoms with Gasteiger partial charge in [-0.15, -0.1) is 0 Å². The normalized spacial score (nSPS) is 14.2. The van der Waals surface area contributed by atoms with E-state index in [1.165, 1.54) is 31.3 Å². The first-order valence-corrected chi connectivity index (χ1v) is 8.15. The number of nitrogens with one attached hydrogen (secondary N) is 2. The molecule has 22 heavy (non-hydrogen) atoms. The summed E-state index contributed by atoms with van der Waals surface area (Å²) in [4.78, 5) is 12.0. The fourth-order valence-electron chi connectivity index (χ4n) is 2.64. The summed E-state index contributed by atoms with van der Waals surface area (Å²) in [6.07, 6.45) is 8.19. The Labute approximate surface area is 132 Å². The highest BCUT2D eigenvalue weighted by Gasteiger charge is 2.08. The van der Waals surface area contributed by atoms with Crippen molar-refractivity contribution in [2.75, 3.05) is 18.5 Å². The number of ether oxygens (including phenoxy) is 1. The summed E-state index contributed by atoms with van der Waals surface area (Å²) in [5.74, 6) is 0.715. The van der Waals surface area contributed by atoms with Gasteiger partial charge < -0.3 is 15.4 Å². The molecule has 1 aromatic rings. The minimum absolute atomic E-state index is 0.179. The maximum Gasteiger partial charge on any atom is 0.319 e. The predicted molar refractivity (Wildman–Crippen MR) is 90.5 cm³/mol. The molecule has 1 aliphatic carbocycles. The van der Waals surface area contributed by atoms with Crippen LogP contribution in [0.4, 0.5) is 10.5 Å². The molecule has 0 aliphatic heterocycles. The van der Waals surface area contributed by atoms with Crippen LogP contribution in [0, 0.1) is 6.92 Å². The van der Waals surface area contributed by atoms with E-state index in [0.717, 1.165) is 12.0 Å². The number of aryl methyl sites for hydroxylation is 1. The average molecular weight is 302 g/mol. The number of hydrogen-bond acceptors (Lipinski definition) is 2. The molecule has 0 saturated carbocycles. The van der Waals surface area contributed by atoms with E-state index >= 15 is 0 Å². The van der Waals surface area contributed by atoms with Gasteiger partial charge in [0.2, 0.25) is 0 Å². The third kappa shape index (κ3) is 5.10. The average Bonchev–Trinajstić information content (AvgIpc) is 2.51. The van der Waals surface area contributed by atoms with Gasteiger partial charge in [0.15, 0.2) is 0 Å². The van der Waals surface area contributed by atoms with Crippen molar-refractivity contribution in [2.24, 2.45) is 0 Å². The molecule has 0 atom stereocenters. The first-order valence-electron chi connectivity index (χ1n) is 8.15. The van der Waals surface area contributed by atoms with Crippen LogP contribution in [0.5, 0.6) is 5.75 Å². The Bertz CT molecular complexity index is 538. The zero-order valence-corrected chi connectivity index (χ0v) is 13.6. The van der Waals surface area contributed by atoms with Crippen molar-refractivity contribution in [3.8, 4) is 5.75 Å². The number of hydrogen-bond donors (Lipinski definition) is 2. The van der Waals surface area contributed by atoms with Crippen LogP contribution in [0.25, 0.3) is 0 Å². The zero-order valence-electron chi connectivity index (χ0n) is 13.6. The van der Waals surface area contributed by atoms with E-state index in [4.69, 9.17) is 4.74 Å². The van der Waals surface area contributed by atoms with Crippen molar-refractivity contribution in [1.29, 1.82) is 0 Å². The topological polar surface area (TPSA) is 50.4 Å². The van der Waals surface area contributed by atoms with Crippen molar-refractivity contribution < 1.29 is 9.53 Å². The highest BCUT2D eigenvalue weighted by atomic mass is 16.5. The molecule has 2 N–H and O–H groups in total. The molecule has 0 fully saturated rings. The third-order valence-electron chi connectivity index (χ3n) is 3.80. The second kappa shape index (κ2) is 8.47. The Kier molecular flexibility index (Phi) is 6.31. The zero-order chi connectivity index (χ0) is 15.8. The molecule has 2 rings (SSSR count). The Morgan fingerprint density at radius 1 is 1.32 bits per heavy atom. The molecule has 0 saturated heterocycles. The first kappa shape index (κ1) is 16.4. The molecular weight excluding hydrogens is 276 g/mol. The smallest absolute Gasteiger partial charge is 0.319 e. The summed E-state index contributed by atoms with van der Waals surface area (Å²) < 4.78 is 5.57. The lowest BCUT2D eigenvalue weighted by atomic mass is 9.97. The number of allylic oxidation sites excluding steroid dienone is 1. The van der Waals surface area contributed by atoms with Crippen LogP contribution in [0.15, 0.2) is 29.8 Å². The van der Waals surface area contributed by atoms with Crippen LogP contribution in [0.1, 0.15) is 44.6 Å². The highest BCUT2D eigenvalue weighted by Crippen LogP contribution is 2.25. The fourth-order valence-corrected chi connectivity index (χ4v) is 2.64. The van der Waals surface area contributed by atoms with E-state index in [-0.39, 0.29) is 6.03 Å².